The number of Topliss-reactive ketones (excluding diaryl/α,β-unsaturated/α-hetero) is 1. The minimum atomic E-state index is -0.0943. The molecule has 2 aromatic carbocycles. The zero-order valence-electron chi connectivity index (χ0n) is 10.4. The van der Waals surface area contributed by atoms with E-state index in [-0.39, 0.29) is 21.6 Å². The number of benzene rings is 2. The number of rotatable bonds is 3. The Hall–Kier alpha value is -1.42. The first kappa shape index (κ1) is 15.0. The second kappa shape index (κ2) is 5.92. The summed E-state index contributed by atoms with van der Waals surface area (Å²) in [5.74, 6) is 0.456. The number of nitrogens with two attached hydrogens (primary N) is 1. The van der Waals surface area contributed by atoms with Gasteiger partial charge in [0.15, 0.2) is 17.3 Å². The molecule has 2 N–H and O–H groups in total. The Morgan fingerprint density at radius 2 is 1.70 bits per heavy atom. The van der Waals surface area contributed by atoms with Crippen molar-refractivity contribution in [3.63, 3.8) is 0 Å². The summed E-state index contributed by atoms with van der Waals surface area (Å²) in [4.78, 5) is 11.4. The van der Waals surface area contributed by atoms with Gasteiger partial charge in [0.25, 0.3) is 0 Å². The maximum Gasteiger partial charge on any atom is 0.164 e. The van der Waals surface area contributed by atoms with Gasteiger partial charge in [0.2, 0.25) is 0 Å². The highest BCUT2D eigenvalue weighted by Crippen LogP contribution is 2.40. The third-order valence-electron chi connectivity index (χ3n) is 2.60. The van der Waals surface area contributed by atoms with Crippen molar-refractivity contribution in [2.45, 2.75) is 6.92 Å². The summed E-state index contributed by atoms with van der Waals surface area (Å²) in [5.41, 5.74) is 6.67. The molecule has 0 atom stereocenters. The van der Waals surface area contributed by atoms with Crippen molar-refractivity contribution in [3.05, 3.63) is 51.0 Å². The molecule has 0 aromatic heterocycles. The van der Waals surface area contributed by atoms with Crippen LogP contribution in [0.3, 0.4) is 0 Å². The van der Waals surface area contributed by atoms with Gasteiger partial charge in [-0.3, -0.25) is 4.79 Å². The lowest BCUT2D eigenvalue weighted by atomic mass is 10.1. The van der Waals surface area contributed by atoms with Gasteiger partial charge in [0.05, 0.1) is 15.7 Å². The molecule has 0 heterocycles. The SMILES string of the molecule is CC(=O)c1ccc(N)c(Oc2c(Cl)cc(Cl)cc2Cl)c1. The maximum absolute atomic E-state index is 11.4. The van der Waals surface area contributed by atoms with Crippen LogP contribution in [0.2, 0.25) is 15.1 Å². The first-order valence-electron chi connectivity index (χ1n) is 5.61. The fraction of sp³-hybridized carbons (Fsp3) is 0.0714. The molecule has 0 spiro atoms. The minimum absolute atomic E-state index is 0.0943. The summed E-state index contributed by atoms with van der Waals surface area (Å²) >= 11 is 17.9. The Morgan fingerprint density at radius 1 is 1.10 bits per heavy atom. The topological polar surface area (TPSA) is 52.3 Å². The number of hydrogen-bond acceptors (Lipinski definition) is 3. The first-order valence-corrected chi connectivity index (χ1v) is 6.74. The summed E-state index contributed by atoms with van der Waals surface area (Å²) < 4.78 is 5.62. The second-order valence-corrected chi connectivity index (χ2v) is 5.36. The fourth-order valence-electron chi connectivity index (χ4n) is 1.58. The van der Waals surface area contributed by atoms with E-state index in [1.54, 1.807) is 18.2 Å². The van der Waals surface area contributed by atoms with Crippen molar-refractivity contribution < 1.29 is 9.53 Å². The Morgan fingerprint density at radius 3 is 2.25 bits per heavy atom. The van der Waals surface area contributed by atoms with Crippen LogP contribution in [-0.4, -0.2) is 5.78 Å². The molecule has 0 radical (unpaired) electrons. The van der Waals surface area contributed by atoms with Crippen molar-refractivity contribution in [1.82, 2.24) is 0 Å². The van der Waals surface area contributed by atoms with E-state index < -0.39 is 0 Å². The first-order chi connectivity index (χ1) is 9.38. The van der Waals surface area contributed by atoms with E-state index in [1.807, 2.05) is 0 Å². The quantitative estimate of drug-likeness (QED) is 0.619. The van der Waals surface area contributed by atoms with Crippen molar-refractivity contribution in [2.75, 3.05) is 5.73 Å². The van der Waals surface area contributed by atoms with E-state index in [4.69, 9.17) is 45.3 Å². The molecule has 0 fully saturated rings. The lowest BCUT2D eigenvalue weighted by Crippen LogP contribution is -1.97. The van der Waals surface area contributed by atoms with Crippen LogP contribution in [0.1, 0.15) is 17.3 Å². The van der Waals surface area contributed by atoms with Crippen molar-refractivity contribution >= 4 is 46.3 Å². The van der Waals surface area contributed by atoms with Crippen LogP contribution in [0.5, 0.6) is 11.5 Å². The molecule has 104 valence electrons. The van der Waals surface area contributed by atoms with Gasteiger partial charge in [-0.15, -0.1) is 0 Å². The molecule has 2 rings (SSSR count). The van der Waals surface area contributed by atoms with E-state index in [1.165, 1.54) is 19.1 Å². The Balaban J connectivity index is 2.45. The molecular weight excluding hydrogens is 321 g/mol. The number of ketones is 1. The molecule has 0 amide bonds. The molecule has 0 saturated carbocycles. The summed E-state index contributed by atoms with van der Waals surface area (Å²) in [6, 6.07) is 7.77. The van der Waals surface area contributed by atoms with Gasteiger partial charge >= 0.3 is 0 Å². The van der Waals surface area contributed by atoms with Crippen molar-refractivity contribution in [3.8, 4) is 11.5 Å². The van der Waals surface area contributed by atoms with E-state index in [0.29, 0.717) is 22.0 Å². The smallest absolute Gasteiger partial charge is 0.164 e. The molecule has 0 aliphatic heterocycles. The van der Waals surface area contributed by atoms with Crippen molar-refractivity contribution in [1.29, 1.82) is 0 Å². The Labute approximate surface area is 131 Å². The van der Waals surface area contributed by atoms with Crippen LogP contribution in [0, 0.1) is 0 Å². The highest BCUT2D eigenvalue weighted by atomic mass is 35.5. The van der Waals surface area contributed by atoms with Crippen LogP contribution in [0.25, 0.3) is 0 Å². The molecular formula is C14H10Cl3NO2. The highest BCUT2D eigenvalue weighted by molar-refractivity contribution is 6.40. The average molecular weight is 331 g/mol. The van der Waals surface area contributed by atoms with Crippen LogP contribution >= 0.6 is 34.8 Å². The standard InChI is InChI=1S/C14H10Cl3NO2/c1-7(19)8-2-3-12(18)13(4-8)20-14-10(16)5-9(15)6-11(14)17/h2-6H,18H2,1H3. The number of carbonyl (C=O) groups excluding carboxylic acids is 1. The predicted octanol–water partition coefficient (Wildman–Crippen LogP) is 5.22. The summed E-state index contributed by atoms with van der Waals surface area (Å²) in [6.45, 7) is 1.46. The van der Waals surface area contributed by atoms with Gasteiger partial charge in [-0.1, -0.05) is 34.8 Å². The zero-order chi connectivity index (χ0) is 14.9. The van der Waals surface area contributed by atoms with E-state index in [9.17, 15) is 4.79 Å². The molecule has 0 aliphatic carbocycles. The monoisotopic (exact) mass is 329 g/mol. The second-order valence-electron chi connectivity index (χ2n) is 4.11. The number of nitrogen functional groups attached to an aromatic ring is 1. The summed E-state index contributed by atoms with van der Waals surface area (Å²) in [7, 11) is 0. The molecule has 0 bridgehead atoms. The molecule has 20 heavy (non-hydrogen) atoms. The van der Waals surface area contributed by atoms with E-state index in [0.717, 1.165) is 0 Å². The largest absolute Gasteiger partial charge is 0.452 e. The molecule has 0 unspecified atom stereocenters. The number of carbonyl (C=O) groups is 1. The molecule has 0 saturated heterocycles. The number of hydrogen-bond donors (Lipinski definition) is 1. The van der Waals surface area contributed by atoms with Gasteiger partial charge in [-0.2, -0.15) is 0 Å². The lowest BCUT2D eigenvalue weighted by Gasteiger charge is -2.12. The highest BCUT2D eigenvalue weighted by Gasteiger charge is 2.13. The van der Waals surface area contributed by atoms with Gasteiger partial charge in [-0.05, 0) is 37.3 Å². The van der Waals surface area contributed by atoms with Crippen LogP contribution in [-0.2, 0) is 0 Å². The van der Waals surface area contributed by atoms with Gasteiger partial charge in [-0.25, -0.2) is 0 Å². The van der Waals surface area contributed by atoms with Gasteiger partial charge < -0.3 is 10.5 Å². The normalized spacial score (nSPS) is 10.4. The minimum Gasteiger partial charge on any atom is -0.452 e. The molecule has 2 aromatic rings. The zero-order valence-corrected chi connectivity index (χ0v) is 12.7. The van der Waals surface area contributed by atoms with Crippen LogP contribution in [0.4, 0.5) is 5.69 Å². The average Bonchev–Trinajstić information content (AvgIpc) is 2.35. The summed E-state index contributed by atoms with van der Waals surface area (Å²) in [5, 5.41) is 0.920. The van der Waals surface area contributed by atoms with Gasteiger partial charge in [0, 0.05) is 10.6 Å². The third-order valence-corrected chi connectivity index (χ3v) is 3.37. The van der Waals surface area contributed by atoms with E-state index in [2.05, 4.69) is 0 Å². The Bertz CT molecular complexity index is 663. The van der Waals surface area contributed by atoms with Crippen LogP contribution < -0.4 is 10.5 Å². The summed E-state index contributed by atoms with van der Waals surface area (Å²) in [6.07, 6.45) is 0. The number of anilines is 1. The van der Waals surface area contributed by atoms with E-state index >= 15 is 0 Å². The number of halogens is 3. The number of ether oxygens (including phenoxy) is 1. The van der Waals surface area contributed by atoms with Gasteiger partial charge in [0.1, 0.15) is 0 Å². The molecule has 3 nitrogen and oxygen atoms in total. The molecule has 0 aliphatic rings. The molecule has 6 heteroatoms. The van der Waals surface area contributed by atoms with Crippen LogP contribution in [0.15, 0.2) is 30.3 Å². The third kappa shape index (κ3) is 3.18. The fourth-order valence-corrected chi connectivity index (χ4v) is 2.47. The maximum atomic E-state index is 11.4. The predicted molar refractivity (Wildman–Crippen MR) is 82.4 cm³/mol. The Kier molecular flexibility index (Phi) is 4.43. The lowest BCUT2D eigenvalue weighted by molar-refractivity contribution is 0.101. The van der Waals surface area contributed by atoms with Crippen molar-refractivity contribution in [2.24, 2.45) is 0 Å².